The van der Waals surface area contributed by atoms with Crippen LogP contribution in [0.4, 0.5) is 0 Å². The van der Waals surface area contributed by atoms with Gasteiger partial charge in [-0.1, -0.05) is 60.7 Å². The molecule has 0 heterocycles. The van der Waals surface area contributed by atoms with Crippen molar-refractivity contribution in [3.63, 3.8) is 0 Å². The van der Waals surface area contributed by atoms with E-state index in [1.807, 2.05) is 12.1 Å². The first-order valence-corrected chi connectivity index (χ1v) is 5.51. The lowest BCUT2D eigenvalue weighted by atomic mass is 9.95. The van der Waals surface area contributed by atoms with E-state index >= 15 is 0 Å². The van der Waals surface area contributed by atoms with Crippen LogP contribution in [0.5, 0.6) is 0 Å². The van der Waals surface area contributed by atoms with Crippen LogP contribution in [0.1, 0.15) is 16.7 Å². The van der Waals surface area contributed by atoms with E-state index in [-0.39, 0.29) is 0 Å². The maximum Gasteiger partial charge on any atom is -0.0109 e. The quantitative estimate of drug-likeness (QED) is 0.676. The lowest BCUT2D eigenvalue weighted by Crippen LogP contribution is -1.87. The van der Waals surface area contributed by atoms with Crippen molar-refractivity contribution in [2.45, 2.75) is 13.8 Å². The third-order valence-electron chi connectivity index (χ3n) is 2.85. The molecule has 0 N–H and O–H groups in total. The molecule has 0 heteroatoms. The second-order valence-corrected chi connectivity index (χ2v) is 4.11. The Morgan fingerprint density at radius 3 is 2.38 bits per heavy atom. The third-order valence-corrected chi connectivity index (χ3v) is 2.85. The van der Waals surface area contributed by atoms with E-state index in [1.54, 1.807) is 0 Å². The van der Waals surface area contributed by atoms with E-state index in [1.165, 1.54) is 27.8 Å². The highest BCUT2D eigenvalue weighted by Crippen LogP contribution is 2.27. The molecule has 0 aliphatic carbocycles. The van der Waals surface area contributed by atoms with Crippen molar-refractivity contribution < 1.29 is 0 Å². The van der Waals surface area contributed by atoms with Gasteiger partial charge in [0.25, 0.3) is 0 Å². The SMILES string of the molecule is C=Cc1ccccc1-c1ccc(C)cc1C. The largest absolute Gasteiger partial charge is 0.0984 e. The first kappa shape index (κ1) is 10.7. The summed E-state index contributed by atoms with van der Waals surface area (Å²) in [5.41, 5.74) is 6.36. The highest BCUT2D eigenvalue weighted by Gasteiger charge is 2.04. The van der Waals surface area contributed by atoms with Crippen LogP contribution in [0.3, 0.4) is 0 Å². The van der Waals surface area contributed by atoms with Crippen LogP contribution < -0.4 is 0 Å². The molecular formula is C16H16. The normalized spacial score (nSPS) is 10.1. The van der Waals surface area contributed by atoms with Crippen molar-refractivity contribution in [2.24, 2.45) is 0 Å². The first-order valence-electron chi connectivity index (χ1n) is 5.51. The zero-order valence-electron chi connectivity index (χ0n) is 9.83. The molecule has 2 rings (SSSR count). The van der Waals surface area contributed by atoms with E-state index in [0.29, 0.717) is 0 Å². The van der Waals surface area contributed by atoms with Gasteiger partial charge in [0, 0.05) is 0 Å². The van der Waals surface area contributed by atoms with Crippen molar-refractivity contribution in [1.29, 1.82) is 0 Å². The number of benzene rings is 2. The van der Waals surface area contributed by atoms with Crippen LogP contribution >= 0.6 is 0 Å². The minimum atomic E-state index is 1.19. The Balaban J connectivity index is 2.62. The molecule has 0 nitrogen and oxygen atoms in total. The highest BCUT2D eigenvalue weighted by molar-refractivity contribution is 5.76. The molecule has 0 saturated carbocycles. The van der Waals surface area contributed by atoms with Crippen LogP contribution in [0.15, 0.2) is 49.0 Å². The summed E-state index contributed by atoms with van der Waals surface area (Å²) >= 11 is 0. The van der Waals surface area contributed by atoms with Crippen LogP contribution in [0.2, 0.25) is 0 Å². The summed E-state index contributed by atoms with van der Waals surface area (Å²) in [5.74, 6) is 0. The molecular weight excluding hydrogens is 192 g/mol. The minimum Gasteiger partial charge on any atom is -0.0984 e. The summed E-state index contributed by atoms with van der Waals surface area (Å²) in [6.45, 7) is 8.14. The average molecular weight is 208 g/mol. The van der Waals surface area contributed by atoms with Gasteiger partial charge in [0.1, 0.15) is 0 Å². The molecule has 0 atom stereocenters. The third kappa shape index (κ3) is 1.92. The van der Waals surface area contributed by atoms with Crippen molar-refractivity contribution in [2.75, 3.05) is 0 Å². The van der Waals surface area contributed by atoms with Gasteiger partial charge in [-0.05, 0) is 36.1 Å². The van der Waals surface area contributed by atoms with Crippen LogP contribution in [-0.4, -0.2) is 0 Å². The molecule has 0 aromatic heterocycles. The second kappa shape index (κ2) is 4.36. The van der Waals surface area contributed by atoms with Gasteiger partial charge in [-0.25, -0.2) is 0 Å². The van der Waals surface area contributed by atoms with Gasteiger partial charge in [-0.3, -0.25) is 0 Å². The monoisotopic (exact) mass is 208 g/mol. The maximum atomic E-state index is 3.86. The Morgan fingerprint density at radius 2 is 1.69 bits per heavy atom. The molecule has 0 unspecified atom stereocenters. The molecule has 16 heavy (non-hydrogen) atoms. The summed E-state index contributed by atoms with van der Waals surface area (Å²) in [7, 11) is 0. The lowest BCUT2D eigenvalue weighted by molar-refractivity contribution is 1.38. The molecule has 0 saturated heterocycles. The molecule has 0 fully saturated rings. The van der Waals surface area contributed by atoms with Gasteiger partial charge in [0.2, 0.25) is 0 Å². The van der Waals surface area contributed by atoms with Crippen molar-refractivity contribution >= 4 is 6.08 Å². The standard InChI is InChI=1S/C16H16/c1-4-14-7-5-6-8-16(14)15-10-9-12(2)11-13(15)3/h4-11H,1H2,2-3H3. The van der Waals surface area contributed by atoms with Crippen molar-refractivity contribution in [3.05, 3.63) is 65.7 Å². The second-order valence-electron chi connectivity index (χ2n) is 4.11. The summed E-state index contributed by atoms with van der Waals surface area (Å²) < 4.78 is 0. The molecule has 0 aliphatic rings. The zero-order valence-corrected chi connectivity index (χ0v) is 9.83. The molecule has 0 aliphatic heterocycles. The van der Waals surface area contributed by atoms with Gasteiger partial charge in [0.05, 0.1) is 0 Å². The predicted octanol–water partition coefficient (Wildman–Crippen LogP) is 4.61. The smallest absolute Gasteiger partial charge is 0.0109 e. The first-order chi connectivity index (χ1) is 7.72. The number of hydrogen-bond donors (Lipinski definition) is 0. The van der Waals surface area contributed by atoms with E-state index < -0.39 is 0 Å². The lowest BCUT2D eigenvalue weighted by Gasteiger charge is -2.10. The van der Waals surface area contributed by atoms with Gasteiger partial charge >= 0.3 is 0 Å². The Bertz CT molecular complexity index is 521. The van der Waals surface area contributed by atoms with Crippen LogP contribution in [0, 0.1) is 13.8 Å². The fraction of sp³-hybridized carbons (Fsp3) is 0.125. The predicted molar refractivity (Wildman–Crippen MR) is 71.4 cm³/mol. The molecule has 80 valence electrons. The van der Waals surface area contributed by atoms with Crippen molar-refractivity contribution in [3.8, 4) is 11.1 Å². The number of rotatable bonds is 2. The molecule has 0 bridgehead atoms. The summed E-state index contributed by atoms with van der Waals surface area (Å²) in [5, 5.41) is 0. The summed E-state index contributed by atoms with van der Waals surface area (Å²) in [4.78, 5) is 0. The van der Waals surface area contributed by atoms with Crippen LogP contribution in [0.25, 0.3) is 17.2 Å². The molecule has 0 spiro atoms. The molecule has 0 amide bonds. The Labute approximate surface area is 97.3 Å². The Kier molecular flexibility index (Phi) is 2.91. The Morgan fingerprint density at radius 1 is 0.938 bits per heavy atom. The number of aryl methyl sites for hydroxylation is 2. The van der Waals surface area contributed by atoms with Gasteiger partial charge in [0.15, 0.2) is 0 Å². The van der Waals surface area contributed by atoms with Crippen LogP contribution in [-0.2, 0) is 0 Å². The minimum absolute atomic E-state index is 1.19. The number of hydrogen-bond acceptors (Lipinski definition) is 0. The Hall–Kier alpha value is -1.82. The molecule has 2 aromatic rings. The van der Waals surface area contributed by atoms with E-state index in [4.69, 9.17) is 0 Å². The summed E-state index contributed by atoms with van der Waals surface area (Å²) in [6.07, 6.45) is 1.91. The van der Waals surface area contributed by atoms with E-state index in [0.717, 1.165) is 0 Å². The fourth-order valence-corrected chi connectivity index (χ4v) is 2.04. The van der Waals surface area contributed by atoms with Crippen molar-refractivity contribution in [1.82, 2.24) is 0 Å². The molecule has 0 radical (unpaired) electrons. The van der Waals surface area contributed by atoms with E-state index in [2.05, 4.69) is 56.8 Å². The van der Waals surface area contributed by atoms with E-state index in [9.17, 15) is 0 Å². The molecule has 2 aromatic carbocycles. The summed E-state index contributed by atoms with van der Waals surface area (Å²) in [6, 6.07) is 14.9. The van der Waals surface area contributed by atoms with Gasteiger partial charge in [-0.2, -0.15) is 0 Å². The van der Waals surface area contributed by atoms with Gasteiger partial charge in [-0.15, -0.1) is 0 Å². The zero-order chi connectivity index (χ0) is 11.5. The highest BCUT2D eigenvalue weighted by atomic mass is 14.1. The fourth-order valence-electron chi connectivity index (χ4n) is 2.04. The maximum absolute atomic E-state index is 3.86. The van der Waals surface area contributed by atoms with Gasteiger partial charge < -0.3 is 0 Å². The topological polar surface area (TPSA) is 0 Å². The average Bonchev–Trinajstić information content (AvgIpc) is 2.29.